The van der Waals surface area contributed by atoms with Gasteiger partial charge < -0.3 is 9.84 Å². The van der Waals surface area contributed by atoms with Gasteiger partial charge in [0.15, 0.2) is 6.61 Å². The van der Waals surface area contributed by atoms with Crippen LogP contribution < -0.4 is 0 Å². The van der Waals surface area contributed by atoms with E-state index < -0.39 is 5.97 Å². The van der Waals surface area contributed by atoms with Gasteiger partial charge in [-0.3, -0.25) is 4.79 Å². The molecule has 0 bridgehead atoms. The van der Waals surface area contributed by atoms with Gasteiger partial charge in [-0.25, -0.2) is 4.79 Å². The van der Waals surface area contributed by atoms with Crippen molar-refractivity contribution in [2.45, 2.75) is 0 Å². The van der Waals surface area contributed by atoms with Crippen LogP contribution in [0.1, 0.15) is 20.7 Å². The zero-order valence-electron chi connectivity index (χ0n) is 12.2. The average Bonchev–Trinajstić information content (AvgIpc) is 2.59. The Labute approximate surface area is 132 Å². The van der Waals surface area contributed by atoms with Gasteiger partial charge in [0.25, 0.3) is 0 Å². The van der Waals surface area contributed by atoms with Crippen molar-refractivity contribution in [3.05, 3.63) is 77.9 Å². The van der Waals surface area contributed by atoms with E-state index in [1.807, 2.05) is 30.3 Å². The van der Waals surface area contributed by atoms with Crippen LogP contribution in [0.3, 0.4) is 0 Å². The van der Waals surface area contributed by atoms with E-state index in [4.69, 9.17) is 4.74 Å². The van der Waals surface area contributed by atoms with E-state index in [2.05, 4.69) is 0 Å². The number of fused-ring (bicyclic) bond motifs is 1. The lowest BCUT2D eigenvalue weighted by atomic mass is 10.0. The number of phenolic OH excluding ortho intramolecular Hbond substituents is 1. The number of carbonyl (C=O) groups is 2. The Bertz CT molecular complexity index is 878. The van der Waals surface area contributed by atoms with Gasteiger partial charge in [0.1, 0.15) is 11.3 Å². The molecular weight excluding hydrogens is 292 g/mol. The summed E-state index contributed by atoms with van der Waals surface area (Å²) in [6.07, 6.45) is 0. The quantitative estimate of drug-likeness (QED) is 0.591. The molecule has 0 aromatic heterocycles. The summed E-state index contributed by atoms with van der Waals surface area (Å²) in [7, 11) is 0. The summed E-state index contributed by atoms with van der Waals surface area (Å²) < 4.78 is 5.03. The topological polar surface area (TPSA) is 63.6 Å². The molecule has 0 saturated heterocycles. The van der Waals surface area contributed by atoms with E-state index in [0.29, 0.717) is 5.56 Å². The van der Waals surface area contributed by atoms with Crippen LogP contribution in [0.2, 0.25) is 0 Å². The smallest absolute Gasteiger partial charge is 0.342 e. The van der Waals surface area contributed by atoms with Gasteiger partial charge in [-0.05, 0) is 22.9 Å². The Hall–Kier alpha value is -3.14. The van der Waals surface area contributed by atoms with Crippen molar-refractivity contribution in [2.24, 2.45) is 0 Å². The number of phenols is 1. The highest BCUT2D eigenvalue weighted by Crippen LogP contribution is 2.20. The van der Waals surface area contributed by atoms with E-state index >= 15 is 0 Å². The molecule has 4 heteroatoms. The molecule has 0 fully saturated rings. The number of para-hydroxylation sites is 1. The van der Waals surface area contributed by atoms with Crippen molar-refractivity contribution in [3.8, 4) is 5.75 Å². The Morgan fingerprint density at radius 2 is 1.48 bits per heavy atom. The number of ether oxygens (including phenoxy) is 1. The highest BCUT2D eigenvalue weighted by molar-refractivity contribution is 6.09. The van der Waals surface area contributed by atoms with E-state index in [9.17, 15) is 14.7 Å². The van der Waals surface area contributed by atoms with E-state index in [-0.39, 0.29) is 23.7 Å². The lowest BCUT2D eigenvalue weighted by molar-refractivity contribution is 0.0472. The summed E-state index contributed by atoms with van der Waals surface area (Å²) in [4.78, 5) is 24.3. The SMILES string of the molecule is O=C(OCC(=O)c1cccc2ccccc12)c1ccccc1O. The van der Waals surface area contributed by atoms with Crippen molar-refractivity contribution in [3.63, 3.8) is 0 Å². The molecule has 0 radical (unpaired) electrons. The maximum absolute atomic E-state index is 12.3. The summed E-state index contributed by atoms with van der Waals surface area (Å²) in [5.41, 5.74) is 0.548. The molecule has 3 rings (SSSR count). The largest absolute Gasteiger partial charge is 0.507 e. The normalized spacial score (nSPS) is 10.4. The summed E-state index contributed by atoms with van der Waals surface area (Å²) in [6.45, 7) is -0.374. The lowest BCUT2D eigenvalue weighted by Gasteiger charge is -2.08. The Kier molecular flexibility index (Phi) is 4.06. The van der Waals surface area contributed by atoms with Crippen molar-refractivity contribution < 1.29 is 19.4 Å². The Morgan fingerprint density at radius 1 is 0.826 bits per heavy atom. The number of aromatic hydroxyl groups is 1. The first kappa shape index (κ1) is 14.8. The predicted octanol–water partition coefficient (Wildman–Crippen LogP) is 3.59. The van der Waals surface area contributed by atoms with Gasteiger partial charge in [0.05, 0.1) is 0 Å². The molecule has 0 unspecified atom stereocenters. The second kappa shape index (κ2) is 6.32. The zero-order chi connectivity index (χ0) is 16.2. The third-order valence-electron chi connectivity index (χ3n) is 3.55. The van der Waals surface area contributed by atoms with Crippen LogP contribution in [0.25, 0.3) is 10.8 Å². The van der Waals surface area contributed by atoms with Crippen LogP contribution >= 0.6 is 0 Å². The molecule has 114 valence electrons. The first-order valence-electron chi connectivity index (χ1n) is 7.13. The zero-order valence-corrected chi connectivity index (χ0v) is 12.2. The van der Waals surface area contributed by atoms with E-state index in [0.717, 1.165) is 10.8 Å². The minimum Gasteiger partial charge on any atom is -0.507 e. The first-order valence-corrected chi connectivity index (χ1v) is 7.13. The fourth-order valence-electron chi connectivity index (χ4n) is 2.40. The van der Waals surface area contributed by atoms with Gasteiger partial charge in [-0.2, -0.15) is 0 Å². The molecule has 0 aliphatic rings. The molecule has 0 aliphatic heterocycles. The van der Waals surface area contributed by atoms with Crippen LogP contribution in [-0.2, 0) is 4.74 Å². The molecule has 3 aromatic carbocycles. The van der Waals surface area contributed by atoms with Crippen LogP contribution in [0.5, 0.6) is 5.75 Å². The Balaban J connectivity index is 1.77. The molecule has 0 saturated carbocycles. The predicted molar refractivity (Wildman–Crippen MR) is 86.7 cm³/mol. The standard InChI is InChI=1S/C19H14O4/c20-17-11-4-3-9-16(17)19(22)23-12-18(21)15-10-5-7-13-6-1-2-8-14(13)15/h1-11,20H,12H2. The molecule has 3 aromatic rings. The molecule has 23 heavy (non-hydrogen) atoms. The molecule has 0 spiro atoms. The number of carbonyl (C=O) groups excluding carboxylic acids is 2. The molecule has 0 atom stereocenters. The highest BCUT2D eigenvalue weighted by Gasteiger charge is 2.15. The number of ketones is 1. The summed E-state index contributed by atoms with van der Waals surface area (Å²) >= 11 is 0. The third kappa shape index (κ3) is 3.06. The number of rotatable bonds is 4. The van der Waals surface area contributed by atoms with E-state index in [1.54, 1.807) is 24.3 Å². The van der Waals surface area contributed by atoms with Gasteiger partial charge >= 0.3 is 5.97 Å². The summed E-state index contributed by atoms with van der Waals surface area (Å²) in [6, 6.07) is 19.0. The summed E-state index contributed by atoms with van der Waals surface area (Å²) in [5, 5.41) is 11.4. The average molecular weight is 306 g/mol. The minimum absolute atomic E-state index is 0.0400. The fourth-order valence-corrected chi connectivity index (χ4v) is 2.40. The molecule has 0 aliphatic carbocycles. The molecule has 1 N–H and O–H groups in total. The number of benzene rings is 3. The second-order valence-electron chi connectivity index (χ2n) is 5.04. The number of Topliss-reactive ketones (excluding diaryl/α,β-unsaturated/α-hetero) is 1. The Morgan fingerprint density at radius 3 is 2.30 bits per heavy atom. The molecule has 0 amide bonds. The fraction of sp³-hybridized carbons (Fsp3) is 0.0526. The van der Waals surface area contributed by atoms with Gasteiger partial charge in [-0.1, -0.05) is 54.6 Å². The number of esters is 1. The van der Waals surface area contributed by atoms with Crippen LogP contribution in [0.4, 0.5) is 0 Å². The first-order chi connectivity index (χ1) is 11.2. The maximum atomic E-state index is 12.3. The van der Waals surface area contributed by atoms with Crippen molar-refractivity contribution in [1.29, 1.82) is 0 Å². The minimum atomic E-state index is -0.725. The van der Waals surface area contributed by atoms with Crippen LogP contribution in [0, 0.1) is 0 Å². The highest BCUT2D eigenvalue weighted by atomic mass is 16.5. The van der Waals surface area contributed by atoms with Crippen molar-refractivity contribution in [2.75, 3.05) is 6.61 Å². The number of hydrogen-bond acceptors (Lipinski definition) is 4. The van der Waals surface area contributed by atoms with Gasteiger partial charge in [0.2, 0.25) is 5.78 Å². The second-order valence-corrected chi connectivity index (χ2v) is 5.04. The summed E-state index contributed by atoms with van der Waals surface area (Å²) in [5.74, 6) is -1.18. The molecule has 4 nitrogen and oxygen atoms in total. The van der Waals surface area contributed by atoms with Gasteiger partial charge in [0, 0.05) is 5.56 Å². The van der Waals surface area contributed by atoms with E-state index in [1.165, 1.54) is 12.1 Å². The molecule has 0 heterocycles. The van der Waals surface area contributed by atoms with Crippen LogP contribution in [0.15, 0.2) is 66.7 Å². The maximum Gasteiger partial charge on any atom is 0.342 e. The van der Waals surface area contributed by atoms with Gasteiger partial charge in [-0.15, -0.1) is 0 Å². The third-order valence-corrected chi connectivity index (χ3v) is 3.55. The van der Waals surface area contributed by atoms with Crippen LogP contribution in [-0.4, -0.2) is 23.5 Å². The molecular formula is C19H14O4. The monoisotopic (exact) mass is 306 g/mol. The van der Waals surface area contributed by atoms with Crippen molar-refractivity contribution >= 4 is 22.5 Å². The number of hydrogen-bond donors (Lipinski definition) is 1. The van der Waals surface area contributed by atoms with Crippen molar-refractivity contribution in [1.82, 2.24) is 0 Å². The lowest BCUT2D eigenvalue weighted by Crippen LogP contribution is -2.14.